The average Bonchev–Trinajstić information content (AvgIpc) is 3.02. The molecule has 0 bridgehead atoms. The molecule has 3 aromatic rings. The molecule has 6 nitrogen and oxygen atoms in total. The Labute approximate surface area is 165 Å². The Bertz CT molecular complexity index is 1060. The lowest BCUT2D eigenvalue weighted by Gasteiger charge is -2.18. The van der Waals surface area contributed by atoms with Crippen LogP contribution in [-0.4, -0.2) is 44.0 Å². The van der Waals surface area contributed by atoms with Crippen LogP contribution in [0, 0.1) is 0 Å². The average molecular weight is 400 g/mol. The number of aromatic nitrogens is 4. The van der Waals surface area contributed by atoms with E-state index >= 15 is 0 Å². The van der Waals surface area contributed by atoms with E-state index in [1.54, 1.807) is 29.0 Å². The number of halogens is 3. The zero-order valence-electron chi connectivity index (χ0n) is 16.0. The van der Waals surface area contributed by atoms with Crippen LogP contribution in [0.25, 0.3) is 5.69 Å². The van der Waals surface area contributed by atoms with Crippen LogP contribution in [-0.2, 0) is 19.3 Å². The summed E-state index contributed by atoms with van der Waals surface area (Å²) in [7, 11) is 1.95. The van der Waals surface area contributed by atoms with Gasteiger partial charge in [0, 0.05) is 11.8 Å². The normalized spacial score (nSPS) is 13.7. The van der Waals surface area contributed by atoms with Crippen molar-refractivity contribution in [3.05, 3.63) is 71.1 Å². The van der Waals surface area contributed by atoms with E-state index in [1.165, 1.54) is 6.07 Å². The van der Waals surface area contributed by atoms with Crippen molar-refractivity contribution in [3.8, 4) is 5.69 Å². The molecule has 3 heterocycles. The standard InChI is InChI=1S/C20H19F3N6/c1-3-28(2)12-18-27-26-17-11-25-19(15-6-4-5-9-24-15)14-10-13(20(21,22)23)7-8-16(14)29(17)18/h4-10H,3,11-12H2,1-2H3. The number of alkyl halides is 3. The van der Waals surface area contributed by atoms with Crippen molar-refractivity contribution >= 4 is 5.71 Å². The minimum atomic E-state index is -4.46. The summed E-state index contributed by atoms with van der Waals surface area (Å²) in [6.07, 6.45) is -2.87. The number of benzene rings is 1. The Morgan fingerprint density at radius 1 is 1.14 bits per heavy atom. The number of hydrogen-bond donors (Lipinski definition) is 0. The first kappa shape index (κ1) is 19.3. The largest absolute Gasteiger partial charge is 0.416 e. The van der Waals surface area contributed by atoms with Crippen LogP contribution in [0.2, 0.25) is 0 Å². The summed E-state index contributed by atoms with van der Waals surface area (Å²) in [6, 6.07) is 8.94. The third kappa shape index (κ3) is 3.65. The Hall–Kier alpha value is -3.07. The molecule has 4 rings (SSSR count). The Balaban J connectivity index is 1.93. The van der Waals surface area contributed by atoms with Gasteiger partial charge in [0.2, 0.25) is 0 Å². The van der Waals surface area contributed by atoms with Crippen LogP contribution in [0.4, 0.5) is 13.2 Å². The molecular weight excluding hydrogens is 381 g/mol. The minimum absolute atomic E-state index is 0.199. The molecular formula is C20H19F3N6. The third-order valence-corrected chi connectivity index (χ3v) is 4.85. The van der Waals surface area contributed by atoms with Crippen LogP contribution in [0.1, 0.15) is 35.4 Å². The fourth-order valence-electron chi connectivity index (χ4n) is 3.24. The number of aliphatic imine (C=N–C) groups is 1. The van der Waals surface area contributed by atoms with Gasteiger partial charge in [0.15, 0.2) is 11.6 Å². The molecule has 1 aromatic carbocycles. The highest BCUT2D eigenvalue weighted by Gasteiger charge is 2.33. The number of rotatable bonds is 4. The van der Waals surface area contributed by atoms with Crippen molar-refractivity contribution < 1.29 is 13.2 Å². The second-order valence-corrected chi connectivity index (χ2v) is 6.81. The van der Waals surface area contributed by atoms with Crippen LogP contribution in [0.15, 0.2) is 47.6 Å². The predicted octanol–water partition coefficient (Wildman–Crippen LogP) is 3.48. The number of fused-ring (bicyclic) bond motifs is 3. The van der Waals surface area contributed by atoms with Gasteiger partial charge in [0.05, 0.1) is 29.2 Å². The summed E-state index contributed by atoms with van der Waals surface area (Å²) >= 11 is 0. The quantitative estimate of drug-likeness (QED) is 0.673. The molecule has 0 unspecified atom stereocenters. The Morgan fingerprint density at radius 3 is 2.66 bits per heavy atom. The molecule has 1 aliphatic rings. The topological polar surface area (TPSA) is 59.2 Å². The molecule has 150 valence electrons. The molecule has 1 aliphatic heterocycles. The van der Waals surface area contributed by atoms with Crippen molar-refractivity contribution in [1.82, 2.24) is 24.6 Å². The number of nitrogens with zero attached hydrogens (tertiary/aromatic N) is 6. The van der Waals surface area contributed by atoms with Crippen molar-refractivity contribution in [3.63, 3.8) is 0 Å². The van der Waals surface area contributed by atoms with Crippen LogP contribution in [0.5, 0.6) is 0 Å². The summed E-state index contributed by atoms with van der Waals surface area (Å²) in [4.78, 5) is 10.9. The van der Waals surface area contributed by atoms with Gasteiger partial charge in [-0.1, -0.05) is 13.0 Å². The molecule has 0 atom stereocenters. The van der Waals surface area contributed by atoms with Gasteiger partial charge >= 0.3 is 6.18 Å². The molecule has 0 saturated carbocycles. The van der Waals surface area contributed by atoms with E-state index in [4.69, 9.17) is 0 Å². The molecule has 0 amide bonds. The fraction of sp³-hybridized carbons (Fsp3) is 0.300. The van der Waals surface area contributed by atoms with E-state index < -0.39 is 11.7 Å². The zero-order chi connectivity index (χ0) is 20.6. The first-order valence-electron chi connectivity index (χ1n) is 9.18. The Morgan fingerprint density at radius 2 is 1.97 bits per heavy atom. The van der Waals surface area contributed by atoms with E-state index in [-0.39, 0.29) is 6.54 Å². The fourth-order valence-corrected chi connectivity index (χ4v) is 3.24. The van der Waals surface area contributed by atoms with Gasteiger partial charge in [0.25, 0.3) is 0 Å². The third-order valence-electron chi connectivity index (χ3n) is 4.85. The summed E-state index contributed by atoms with van der Waals surface area (Å²) in [5.41, 5.74) is 1.12. The second-order valence-electron chi connectivity index (χ2n) is 6.81. The monoisotopic (exact) mass is 400 g/mol. The second kappa shape index (κ2) is 7.40. The summed E-state index contributed by atoms with van der Waals surface area (Å²) in [6.45, 7) is 3.54. The summed E-state index contributed by atoms with van der Waals surface area (Å²) in [5, 5.41) is 8.50. The molecule has 2 aromatic heterocycles. The molecule has 0 aliphatic carbocycles. The first-order chi connectivity index (χ1) is 13.9. The minimum Gasteiger partial charge on any atom is -0.299 e. The van der Waals surface area contributed by atoms with Gasteiger partial charge in [-0.25, -0.2) is 0 Å². The van der Waals surface area contributed by atoms with Crippen molar-refractivity contribution in [2.75, 3.05) is 13.6 Å². The van der Waals surface area contributed by atoms with E-state index in [9.17, 15) is 13.2 Å². The molecule has 0 spiro atoms. The maximum absolute atomic E-state index is 13.4. The molecule has 9 heteroatoms. The summed E-state index contributed by atoms with van der Waals surface area (Å²) < 4.78 is 42.1. The predicted molar refractivity (Wildman–Crippen MR) is 102 cm³/mol. The highest BCUT2D eigenvalue weighted by molar-refractivity contribution is 6.14. The smallest absolute Gasteiger partial charge is 0.299 e. The van der Waals surface area contributed by atoms with Crippen LogP contribution in [0.3, 0.4) is 0 Å². The number of hydrogen-bond acceptors (Lipinski definition) is 5. The van der Waals surface area contributed by atoms with Gasteiger partial charge in [-0.3, -0.25) is 19.4 Å². The number of pyridine rings is 1. The zero-order valence-corrected chi connectivity index (χ0v) is 16.0. The lowest BCUT2D eigenvalue weighted by molar-refractivity contribution is -0.137. The van der Waals surface area contributed by atoms with Gasteiger partial charge in [0.1, 0.15) is 6.54 Å². The first-order valence-corrected chi connectivity index (χ1v) is 9.18. The van der Waals surface area contributed by atoms with Crippen LogP contribution < -0.4 is 0 Å². The lowest BCUT2D eigenvalue weighted by Crippen LogP contribution is -2.20. The highest BCUT2D eigenvalue weighted by atomic mass is 19.4. The SMILES string of the molecule is CCN(C)Cc1nnc2n1-c1ccc(C(F)(F)F)cc1C(c1ccccn1)=NC2. The van der Waals surface area contributed by atoms with E-state index in [2.05, 4.69) is 20.2 Å². The van der Waals surface area contributed by atoms with E-state index in [1.807, 2.05) is 18.9 Å². The maximum atomic E-state index is 13.4. The van der Waals surface area contributed by atoms with Gasteiger partial charge in [-0.15, -0.1) is 10.2 Å². The molecule has 0 N–H and O–H groups in total. The summed E-state index contributed by atoms with van der Waals surface area (Å²) in [5.74, 6) is 1.24. The van der Waals surface area contributed by atoms with Crippen molar-refractivity contribution in [2.45, 2.75) is 26.2 Å². The molecule has 0 saturated heterocycles. The van der Waals surface area contributed by atoms with Gasteiger partial charge in [-0.05, 0) is 43.9 Å². The highest BCUT2D eigenvalue weighted by Crippen LogP contribution is 2.34. The van der Waals surface area contributed by atoms with Crippen LogP contribution >= 0.6 is 0 Å². The van der Waals surface area contributed by atoms with E-state index in [0.717, 1.165) is 18.7 Å². The van der Waals surface area contributed by atoms with Crippen molar-refractivity contribution in [2.24, 2.45) is 4.99 Å². The lowest BCUT2D eigenvalue weighted by atomic mass is 10.0. The molecule has 0 fully saturated rings. The van der Waals surface area contributed by atoms with Gasteiger partial charge in [-0.2, -0.15) is 13.2 Å². The van der Waals surface area contributed by atoms with E-state index in [0.29, 0.717) is 40.9 Å². The Kier molecular flexibility index (Phi) is 4.91. The maximum Gasteiger partial charge on any atom is 0.416 e. The van der Waals surface area contributed by atoms with Gasteiger partial charge < -0.3 is 0 Å². The molecule has 0 radical (unpaired) electrons. The van der Waals surface area contributed by atoms with Crippen molar-refractivity contribution in [1.29, 1.82) is 0 Å². The molecule has 29 heavy (non-hydrogen) atoms.